The molecule has 0 bridgehead atoms. The van der Waals surface area contributed by atoms with Crippen LogP contribution in [0.2, 0.25) is 0 Å². The van der Waals surface area contributed by atoms with Crippen LogP contribution in [0.25, 0.3) is 11.4 Å². The van der Waals surface area contributed by atoms with Gasteiger partial charge in [0.2, 0.25) is 16.2 Å². The third kappa shape index (κ3) is 3.64. The lowest BCUT2D eigenvalue weighted by molar-refractivity contribution is -0.113. The summed E-state index contributed by atoms with van der Waals surface area (Å²) >= 11 is 2.53. The molecule has 0 aliphatic heterocycles. The van der Waals surface area contributed by atoms with E-state index in [4.69, 9.17) is 0 Å². The molecule has 106 valence electrons. The molecule has 1 amide bonds. The molecule has 0 fully saturated rings. The van der Waals surface area contributed by atoms with Gasteiger partial charge in [0, 0.05) is 5.56 Å². The summed E-state index contributed by atoms with van der Waals surface area (Å²) in [6.07, 6.45) is 0. The number of H-pyrrole nitrogens is 1. The highest BCUT2D eigenvalue weighted by Gasteiger charge is 2.09. The maximum atomic E-state index is 11.7. The highest BCUT2D eigenvalue weighted by atomic mass is 32.2. The minimum Gasteiger partial charge on any atom is -0.300 e. The molecule has 9 heteroatoms. The van der Waals surface area contributed by atoms with E-state index >= 15 is 0 Å². The normalized spacial score (nSPS) is 10.5. The Morgan fingerprint density at radius 3 is 2.95 bits per heavy atom. The number of carbonyl (C=O) groups is 1. The van der Waals surface area contributed by atoms with Crippen LogP contribution < -0.4 is 5.32 Å². The summed E-state index contributed by atoms with van der Waals surface area (Å²) in [6.45, 7) is 0. The van der Waals surface area contributed by atoms with Gasteiger partial charge in [-0.1, -0.05) is 53.4 Å². The molecule has 0 radical (unpaired) electrons. The first-order valence-corrected chi connectivity index (χ1v) is 7.84. The van der Waals surface area contributed by atoms with Gasteiger partial charge in [0.25, 0.3) is 0 Å². The number of nitrogens with one attached hydrogen (secondary N) is 2. The fourth-order valence-corrected chi connectivity index (χ4v) is 2.61. The minimum absolute atomic E-state index is 0.164. The van der Waals surface area contributed by atoms with Crippen molar-refractivity contribution >= 4 is 34.1 Å². The van der Waals surface area contributed by atoms with Crippen LogP contribution in [0.4, 0.5) is 5.13 Å². The van der Waals surface area contributed by atoms with Crippen LogP contribution in [0.1, 0.15) is 0 Å². The van der Waals surface area contributed by atoms with E-state index in [1.54, 1.807) is 5.51 Å². The molecule has 0 atom stereocenters. The zero-order valence-corrected chi connectivity index (χ0v) is 12.3. The Morgan fingerprint density at radius 2 is 2.19 bits per heavy atom. The molecule has 2 heterocycles. The zero-order chi connectivity index (χ0) is 14.5. The fourth-order valence-electron chi connectivity index (χ4n) is 1.55. The first-order chi connectivity index (χ1) is 10.3. The van der Waals surface area contributed by atoms with Crippen LogP contribution in [-0.4, -0.2) is 37.0 Å². The van der Waals surface area contributed by atoms with Crippen molar-refractivity contribution in [3.05, 3.63) is 35.8 Å². The van der Waals surface area contributed by atoms with E-state index in [-0.39, 0.29) is 11.7 Å². The Bertz CT molecular complexity index is 712. The molecule has 21 heavy (non-hydrogen) atoms. The number of rotatable bonds is 5. The summed E-state index contributed by atoms with van der Waals surface area (Å²) < 4.78 is 0. The number of aromatic amines is 1. The average molecular weight is 318 g/mol. The van der Waals surface area contributed by atoms with Gasteiger partial charge in [0.1, 0.15) is 5.51 Å². The van der Waals surface area contributed by atoms with Crippen molar-refractivity contribution in [2.24, 2.45) is 0 Å². The Labute approximate surface area is 128 Å². The standard InChI is InChI=1S/C12H10N6OS2/c19-9(14-11-17-13-7-21-11)6-20-12-15-10(16-18-12)8-4-2-1-3-5-8/h1-5,7H,6H2,(H,14,17,19)(H,15,16,18). The predicted octanol–water partition coefficient (Wildman–Crippen LogP) is 2.05. The lowest BCUT2D eigenvalue weighted by Crippen LogP contribution is -2.13. The lowest BCUT2D eigenvalue weighted by atomic mass is 10.2. The summed E-state index contributed by atoms with van der Waals surface area (Å²) in [5.41, 5.74) is 2.51. The topological polar surface area (TPSA) is 96.5 Å². The largest absolute Gasteiger partial charge is 0.300 e. The zero-order valence-electron chi connectivity index (χ0n) is 10.7. The number of aromatic nitrogens is 5. The van der Waals surface area contributed by atoms with E-state index in [1.807, 2.05) is 30.3 Å². The van der Waals surface area contributed by atoms with Gasteiger partial charge in [0.05, 0.1) is 5.75 Å². The number of carbonyl (C=O) groups excluding carboxylic acids is 1. The van der Waals surface area contributed by atoms with E-state index in [0.717, 1.165) is 5.56 Å². The second kappa shape index (κ2) is 6.46. The molecule has 1 aromatic carbocycles. The van der Waals surface area contributed by atoms with Crippen molar-refractivity contribution in [2.45, 2.75) is 5.16 Å². The van der Waals surface area contributed by atoms with Crippen molar-refractivity contribution in [2.75, 3.05) is 11.1 Å². The molecule has 7 nitrogen and oxygen atoms in total. The van der Waals surface area contributed by atoms with Crippen LogP contribution in [0.15, 0.2) is 41.0 Å². The summed E-state index contributed by atoms with van der Waals surface area (Å²) in [4.78, 5) is 16.0. The Balaban J connectivity index is 1.56. The van der Waals surface area contributed by atoms with Gasteiger partial charge in [0.15, 0.2) is 5.82 Å². The van der Waals surface area contributed by atoms with E-state index in [1.165, 1.54) is 23.1 Å². The molecule has 0 aliphatic carbocycles. The molecule has 2 N–H and O–H groups in total. The smallest absolute Gasteiger partial charge is 0.236 e. The third-order valence-corrected chi connectivity index (χ3v) is 3.90. The summed E-state index contributed by atoms with van der Waals surface area (Å²) in [5, 5.41) is 18.0. The second-order valence-electron chi connectivity index (χ2n) is 3.91. The molecular formula is C12H10N6OS2. The number of anilines is 1. The minimum atomic E-state index is -0.164. The molecule has 0 saturated heterocycles. The number of nitrogens with zero attached hydrogens (tertiary/aromatic N) is 4. The van der Waals surface area contributed by atoms with Gasteiger partial charge < -0.3 is 0 Å². The van der Waals surface area contributed by atoms with Gasteiger partial charge >= 0.3 is 0 Å². The first kappa shape index (κ1) is 13.7. The number of hydrogen-bond donors (Lipinski definition) is 2. The maximum absolute atomic E-state index is 11.7. The number of thioether (sulfide) groups is 1. The monoisotopic (exact) mass is 318 g/mol. The molecule has 0 aliphatic rings. The van der Waals surface area contributed by atoms with Gasteiger partial charge in [-0.2, -0.15) is 0 Å². The van der Waals surface area contributed by atoms with Crippen LogP contribution >= 0.6 is 23.1 Å². The SMILES string of the molecule is O=C(CSc1n[nH]c(-c2ccccc2)n1)Nc1nncs1. The molecule has 3 rings (SSSR count). The quantitative estimate of drug-likeness (QED) is 0.699. The number of hydrogen-bond acceptors (Lipinski definition) is 7. The summed E-state index contributed by atoms with van der Waals surface area (Å²) in [5.74, 6) is 0.733. The number of benzene rings is 1. The van der Waals surface area contributed by atoms with E-state index in [2.05, 4.69) is 30.7 Å². The van der Waals surface area contributed by atoms with Crippen molar-refractivity contribution in [3.63, 3.8) is 0 Å². The van der Waals surface area contributed by atoms with Crippen molar-refractivity contribution in [1.82, 2.24) is 25.4 Å². The molecular weight excluding hydrogens is 308 g/mol. The molecule has 2 aromatic heterocycles. The van der Waals surface area contributed by atoms with E-state index in [9.17, 15) is 4.79 Å². The van der Waals surface area contributed by atoms with Crippen LogP contribution in [0.5, 0.6) is 0 Å². The average Bonchev–Trinajstić information content (AvgIpc) is 3.17. The Hall–Kier alpha value is -2.26. The van der Waals surface area contributed by atoms with Crippen LogP contribution in [0.3, 0.4) is 0 Å². The molecule has 0 unspecified atom stereocenters. The Morgan fingerprint density at radius 1 is 1.33 bits per heavy atom. The molecule has 0 saturated carbocycles. The van der Waals surface area contributed by atoms with E-state index < -0.39 is 0 Å². The maximum Gasteiger partial charge on any atom is 0.236 e. The highest BCUT2D eigenvalue weighted by molar-refractivity contribution is 7.99. The number of amides is 1. The van der Waals surface area contributed by atoms with Crippen molar-refractivity contribution in [3.8, 4) is 11.4 Å². The highest BCUT2D eigenvalue weighted by Crippen LogP contribution is 2.19. The second-order valence-corrected chi connectivity index (χ2v) is 5.69. The van der Waals surface area contributed by atoms with Gasteiger partial charge in [-0.15, -0.1) is 15.3 Å². The predicted molar refractivity (Wildman–Crippen MR) is 81.1 cm³/mol. The first-order valence-electron chi connectivity index (χ1n) is 5.98. The van der Waals surface area contributed by atoms with Crippen molar-refractivity contribution < 1.29 is 4.79 Å². The molecule has 0 spiro atoms. The summed E-state index contributed by atoms with van der Waals surface area (Å²) in [6, 6.07) is 9.68. The van der Waals surface area contributed by atoms with Crippen LogP contribution in [-0.2, 0) is 4.79 Å². The van der Waals surface area contributed by atoms with Gasteiger partial charge in [-0.05, 0) is 0 Å². The van der Waals surface area contributed by atoms with E-state index in [0.29, 0.717) is 16.1 Å². The van der Waals surface area contributed by atoms with Gasteiger partial charge in [-0.3, -0.25) is 15.2 Å². The van der Waals surface area contributed by atoms with Crippen molar-refractivity contribution in [1.29, 1.82) is 0 Å². The van der Waals surface area contributed by atoms with Gasteiger partial charge in [-0.25, -0.2) is 4.98 Å². The lowest BCUT2D eigenvalue weighted by Gasteiger charge is -1.98. The summed E-state index contributed by atoms with van der Waals surface area (Å²) in [7, 11) is 0. The molecule has 3 aromatic rings. The fraction of sp³-hybridized carbons (Fsp3) is 0.0833. The third-order valence-electron chi connectivity index (χ3n) is 2.45. The van der Waals surface area contributed by atoms with Crippen LogP contribution in [0, 0.1) is 0 Å². The Kier molecular flexibility index (Phi) is 4.22.